The van der Waals surface area contributed by atoms with Crippen molar-refractivity contribution in [1.29, 1.82) is 0 Å². The van der Waals surface area contributed by atoms with Gasteiger partial charge in [-0.3, -0.25) is 0 Å². The minimum absolute atomic E-state index is 0.0849. The van der Waals surface area contributed by atoms with Crippen molar-refractivity contribution in [3.8, 4) is 0 Å². The summed E-state index contributed by atoms with van der Waals surface area (Å²) in [5.74, 6) is 2.31. The van der Waals surface area contributed by atoms with E-state index in [0.29, 0.717) is 0 Å². The Morgan fingerprint density at radius 3 is 1.23 bits per heavy atom. The third kappa shape index (κ3) is 25.6. The molecule has 0 unspecified atom stereocenters. The summed E-state index contributed by atoms with van der Waals surface area (Å²) in [4.78, 5) is 2.21. The van der Waals surface area contributed by atoms with Crippen LogP contribution in [-0.4, -0.2) is 31.8 Å². The molecule has 0 aromatic carbocycles. The zero-order valence-electron chi connectivity index (χ0n) is 29.8. The van der Waals surface area contributed by atoms with Gasteiger partial charge in [0.2, 0.25) is 6.29 Å². The Kier molecular flexibility index (Phi) is 28.6. The fourth-order valence-corrected chi connectivity index (χ4v) is 5.54. The molecule has 0 aromatic rings. The lowest BCUT2D eigenvalue weighted by atomic mass is 10.1. The molecule has 0 saturated heterocycles. The van der Waals surface area contributed by atoms with Gasteiger partial charge in [0.05, 0.1) is 0 Å². The molecule has 44 heavy (non-hydrogen) atoms. The molecule has 3 nitrogen and oxygen atoms in total. The number of allylic oxidation sites excluding steroid dienone is 10. The van der Waals surface area contributed by atoms with E-state index in [-0.39, 0.29) is 6.29 Å². The summed E-state index contributed by atoms with van der Waals surface area (Å²) < 4.78 is 12.6. The molecule has 254 valence electrons. The van der Waals surface area contributed by atoms with E-state index in [9.17, 15) is 0 Å². The van der Waals surface area contributed by atoms with Crippen molar-refractivity contribution in [2.75, 3.05) is 20.6 Å². The highest BCUT2D eigenvalue weighted by atomic mass is 16.7. The topological polar surface area (TPSA) is 21.7 Å². The second-order valence-corrected chi connectivity index (χ2v) is 13.1. The van der Waals surface area contributed by atoms with Crippen LogP contribution in [0.2, 0.25) is 0 Å². The third-order valence-corrected chi connectivity index (χ3v) is 8.38. The predicted molar refractivity (Wildman–Crippen MR) is 195 cm³/mol. The van der Waals surface area contributed by atoms with Crippen molar-refractivity contribution >= 4 is 0 Å². The molecule has 0 aliphatic carbocycles. The molecule has 0 spiro atoms. The zero-order chi connectivity index (χ0) is 31.8. The molecule has 0 bridgehead atoms. The van der Waals surface area contributed by atoms with Crippen LogP contribution in [0, 0.1) is 0 Å². The standard InChI is InChI=1S/C41H73NO2/c1-5-7-9-11-13-15-17-19-21-23-25-27-29-31-33-35-39-40(44-41(43-39)37-38-42(3)4)36-34-32-30-28-26-24-22-20-18-16-14-12-10-8-6-2/h13-16,19-22,41H,5-12,17-18,23-38H2,1-4H3/b15-13+,16-14+,21-19+,22-20+. The second-order valence-electron chi connectivity index (χ2n) is 13.1. The summed E-state index contributed by atoms with van der Waals surface area (Å²) in [6.07, 6.45) is 49.7. The van der Waals surface area contributed by atoms with Gasteiger partial charge in [-0.25, -0.2) is 0 Å². The first-order valence-electron chi connectivity index (χ1n) is 19.0. The molecule has 0 saturated carbocycles. The van der Waals surface area contributed by atoms with Gasteiger partial charge in [-0.1, -0.05) is 127 Å². The van der Waals surface area contributed by atoms with Crippen molar-refractivity contribution in [3.63, 3.8) is 0 Å². The van der Waals surface area contributed by atoms with E-state index in [1.165, 1.54) is 128 Å². The molecule has 0 radical (unpaired) electrons. The van der Waals surface area contributed by atoms with E-state index < -0.39 is 0 Å². The average Bonchev–Trinajstić information content (AvgIpc) is 3.41. The monoisotopic (exact) mass is 612 g/mol. The van der Waals surface area contributed by atoms with Gasteiger partial charge in [0, 0.05) is 25.8 Å². The average molecular weight is 612 g/mol. The van der Waals surface area contributed by atoms with E-state index >= 15 is 0 Å². The number of unbranched alkanes of at least 4 members (excludes halogenated alkanes) is 16. The van der Waals surface area contributed by atoms with Crippen molar-refractivity contribution in [2.24, 2.45) is 0 Å². The first kappa shape index (κ1) is 40.3. The van der Waals surface area contributed by atoms with E-state index in [2.05, 4.69) is 81.5 Å². The Balaban J connectivity index is 2.17. The number of ether oxygens (including phenoxy) is 2. The van der Waals surface area contributed by atoms with E-state index in [0.717, 1.165) is 50.2 Å². The van der Waals surface area contributed by atoms with Gasteiger partial charge >= 0.3 is 0 Å². The first-order valence-corrected chi connectivity index (χ1v) is 19.0. The van der Waals surface area contributed by atoms with Crippen LogP contribution < -0.4 is 0 Å². The van der Waals surface area contributed by atoms with Crippen LogP contribution in [-0.2, 0) is 9.47 Å². The van der Waals surface area contributed by atoms with Gasteiger partial charge < -0.3 is 14.4 Å². The Bertz CT molecular complexity index is 717. The van der Waals surface area contributed by atoms with E-state index in [4.69, 9.17) is 9.47 Å². The maximum Gasteiger partial charge on any atom is 0.241 e. The number of hydrogen-bond donors (Lipinski definition) is 0. The smallest absolute Gasteiger partial charge is 0.241 e. The summed E-state index contributed by atoms with van der Waals surface area (Å²) in [5, 5.41) is 0. The van der Waals surface area contributed by atoms with Crippen LogP contribution in [0.25, 0.3) is 0 Å². The third-order valence-electron chi connectivity index (χ3n) is 8.38. The van der Waals surface area contributed by atoms with Gasteiger partial charge in [0.25, 0.3) is 0 Å². The Labute approximate surface area is 275 Å². The van der Waals surface area contributed by atoms with Crippen molar-refractivity contribution in [3.05, 3.63) is 60.1 Å². The maximum absolute atomic E-state index is 6.32. The quantitative estimate of drug-likeness (QED) is 0.0575. The molecular weight excluding hydrogens is 538 g/mol. The van der Waals surface area contributed by atoms with Gasteiger partial charge in [0.1, 0.15) is 11.5 Å². The molecule has 1 heterocycles. The number of nitrogens with zero attached hydrogens (tertiary/aromatic N) is 1. The van der Waals surface area contributed by atoms with Crippen LogP contribution >= 0.6 is 0 Å². The molecule has 3 heteroatoms. The molecular formula is C41H73NO2. The lowest BCUT2D eigenvalue weighted by Crippen LogP contribution is -2.20. The summed E-state index contributed by atoms with van der Waals surface area (Å²) in [6, 6.07) is 0. The van der Waals surface area contributed by atoms with Gasteiger partial charge in [0.15, 0.2) is 0 Å². The van der Waals surface area contributed by atoms with Crippen LogP contribution in [0.4, 0.5) is 0 Å². The van der Waals surface area contributed by atoms with Crippen LogP contribution in [0.3, 0.4) is 0 Å². The highest BCUT2D eigenvalue weighted by Crippen LogP contribution is 2.31. The highest BCUT2D eigenvalue weighted by molar-refractivity contribution is 5.06. The van der Waals surface area contributed by atoms with Gasteiger partial charge in [-0.2, -0.15) is 0 Å². The normalized spacial score (nSPS) is 14.5. The lowest BCUT2D eigenvalue weighted by Gasteiger charge is -2.15. The SMILES string of the molecule is CCCCC/C=C/C/C=C/CCCCCCCC1=C(CCCCCCC/C=C/C/C=C/CCCCC)OC(CCN(C)C)O1. The number of rotatable bonds is 31. The first-order chi connectivity index (χ1) is 21.7. The summed E-state index contributed by atoms with van der Waals surface area (Å²) >= 11 is 0. The van der Waals surface area contributed by atoms with Crippen molar-refractivity contribution < 1.29 is 9.47 Å². The van der Waals surface area contributed by atoms with E-state index in [1.807, 2.05) is 0 Å². The largest absolute Gasteiger partial charge is 0.456 e. The lowest BCUT2D eigenvalue weighted by molar-refractivity contribution is -0.0502. The van der Waals surface area contributed by atoms with Gasteiger partial charge in [-0.05, 0) is 91.1 Å². The summed E-state index contributed by atoms with van der Waals surface area (Å²) in [5.41, 5.74) is 0. The number of hydrogen-bond acceptors (Lipinski definition) is 3. The predicted octanol–water partition coefficient (Wildman–Crippen LogP) is 13.1. The fraction of sp³-hybridized carbons (Fsp3) is 0.756. The van der Waals surface area contributed by atoms with Crippen molar-refractivity contribution in [1.82, 2.24) is 4.90 Å². The Morgan fingerprint density at radius 1 is 0.477 bits per heavy atom. The Morgan fingerprint density at radius 2 is 0.841 bits per heavy atom. The zero-order valence-corrected chi connectivity index (χ0v) is 29.8. The van der Waals surface area contributed by atoms with Crippen LogP contribution in [0.1, 0.15) is 174 Å². The molecule has 1 rings (SSSR count). The molecule has 0 fully saturated rings. The molecule has 1 aliphatic heterocycles. The minimum Gasteiger partial charge on any atom is -0.456 e. The van der Waals surface area contributed by atoms with Crippen molar-refractivity contribution in [2.45, 2.75) is 181 Å². The highest BCUT2D eigenvalue weighted by Gasteiger charge is 2.26. The summed E-state index contributed by atoms with van der Waals surface area (Å²) in [6.45, 7) is 5.53. The second kappa shape index (κ2) is 31.3. The van der Waals surface area contributed by atoms with E-state index in [1.54, 1.807) is 0 Å². The van der Waals surface area contributed by atoms with Crippen LogP contribution in [0.5, 0.6) is 0 Å². The minimum atomic E-state index is -0.0849. The molecule has 0 aromatic heterocycles. The fourth-order valence-electron chi connectivity index (χ4n) is 5.54. The molecule has 0 N–H and O–H groups in total. The maximum atomic E-state index is 6.32. The Hall–Kier alpha value is -1.74. The van der Waals surface area contributed by atoms with Crippen LogP contribution in [0.15, 0.2) is 60.1 Å². The summed E-state index contributed by atoms with van der Waals surface area (Å²) in [7, 11) is 4.24. The molecule has 1 aliphatic rings. The molecule has 0 atom stereocenters. The molecule has 0 amide bonds. The van der Waals surface area contributed by atoms with Gasteiger partial charge in [-0.15, -0.1) is 0 Å².